The second-order valence-electron chi connectivity index (χ2n) is 3.85. The van der Waals surface area contributed by atoms with E-state index in [0.717, 1.165) is 0 Å². The van der Waals surface area contributed by atoms with Crippen molar-refractivity contribution in [1.29, 1.82) is 0 Å². The minimum Gasteiger partial charge on any atom is -0.481 e. The fraction of sp³-hybridized carbons (Fsp3) is 0.875. The zero-order valence-electron chi connectivity index (χ0n) is 9.52. The van der Waals surface area contributed by atoms with E-state index < -0.39 is 43.6 Å². The summed E-state index contributed by atoms with van der Waals surface area (Å²) in [7, 11) is -8.70. The zero-order chi connectivity index (χ0) is 14.4. The lowest BCUT2D eigenvalue weighted by Crippen LogP contribution is -2.24. The molecule has 0 spiro atoms. The molecule has 0 heterocycles. The summed E-state index contributed by atoms with van der Waals surface area (Å²) in [6.07, 6.45) is -0.154. The van der Waals surface area contributed by atoms with Crippen molar-refractivity contribution in [2.24, 2.45) is 0 Å². The number of carboxylic acid groups (broad SMARTS) is 1. The van der Waals surface area contributed by atoms with Gasteiger partial charge in [-0.1, -0.05) is 6.42 Å². The topological polar surface area (TPSA) is 146 Å². The molecule has 0 fully saturated rings. The average molecular weight is 304 g/mol. The first-order valence-corrected chi connectivity index (χ1v) is 8.27. The number of aliphatic carboxylic acids is 1. The predicted octanol–water partition coefficient (Wildman–Crippen LogP) is 0.166. The molecule has 10 heteroatoms. The molecule has 0 bridgehead atoms. The second kappa shape index (κ2) is 7.02. The molecule has 0 saturated heterocycles. The van der Waals surface area contributed by atoms with Gasteiger partial charge in [0, 0.05) is 6.42 Å². The van der Waals surface area contributed by atoms with Gasteiger partial charge in [-0.15, -0.1) is 0 Å². The van der Waals surface area contributed by atoms with Crippen LogP contribution in [0.1, 0.15) is 32.1 Å². The van der Waals surface area contributed by atoms with Gasteiger partial charge in [0.1, 0.15) is 0 Å². The Kier molecular flexibility index (Phi) is 6.74. The summed E-state index contributed by atoms with van der Waals surface area (Å²) in [6.45, 7) is 0. The third kappa shape index (κ3) is 9.33. The van der Waals surface area contributed by atoms with E-state index in [0.29, 0.717) is 0 Å². The number of carboxylic acids is 1. The van der Waals surface area contributed by atoms with E-state index in [1.165, 1.54) is 0 Å². The third-order valence-corrected chi connectivity index (χ3v) is 4.35. The standard InChI is InChI=1S/C8H16O8S2/c9-8(10)4-2-1-3-7(18(14,15)16)5-6-17(11,12)13/h7H,1-6H2,(H,9,10)(H,11,12,13)(H,14,15,16). The van der Waals surface area contributed by atoms with E-state index in [1.807, 2.05) is 0 Å². The molecule has 1 atom stereocenters. The number of carbonyl (C=O) groups is 1. The van der Waals surface area contributed by atoms with Gasteiger partial charge in [0.05, 0.1) is 11.0 Å². The van der Waals surface area contributed by atoms with Gasteiger partial charge in [0.25, 0.3) is 20.2 Å². The van der Waals surface area contributed by atoms with E-state index in [2.05, 4.69) is 0 Å². The first kappa shape index (κ1) is 17.3. The predicted molar refractivity (Wildman–Crippen MR) is 62.5 cm³/mol. The third-order valence-electron chi connectivity index (χ3n) is 2.29. The molecule has 0 aliphatic heterocycles. The molecule has 0 rings (SSSR count). The number of rotatable bonds is 9. The maximum absolute atomic E-state index is 10.9. The second-order valence-corrected chi connectivity index (χ2v) is 7.12. The molecule has 0 amide bonds. The van der Waals surface area contributed by atoms with Crippen molar-refractivity contribution in [1.82, 2.24) is 0 Å². The molecule has 18 heavy (non-hydrogen) atoms. The van der Waals surface area contributed by atoms with Gasteiger partial charge in [-0.25, -0.2) is 0 Å². The van der Waals surface area contributed by atoms with Gasteiger partial charge >= 0.3 is 5.97 Å². The molecule has 0 aromatic rings. The zero-order valence-corrected chi connectivity index (χ0v) is 11.2. The molecule has 0 saturated carbocycles. The Labute approximate surface area is 106 Å². The summed E-state index contributed by atoms with van der Waals surface area (Å²) in [6, 6.07) is 0. The van der Waals surface area contributed by atoms with Crippen LogP contribution in [0.5, 0.6) is 0 Å². The summed E-state index contributed by atoms with van der Waals surface area (Å²) in [5.74, 6) is -1.78. The van der Waals surface area contributed by atoms with Gasteiger partial charge < -0.3 is 5.11 Å². The quantitative estimate of drug-likeness (QED) is 0.403. The van der Waals surface area contributed by atoms with Crippen molar-refractivity contribution in [2.75, 3.05) is 5.75 Å². The normalized spacial score (nSPS) is 14.3. The van der Waals surface area contributed by atoms with Crippen molar-refractivity contribution >= 4 is 26.2 Å². The fourth-order valence-electron chi connectivity index (χ4n) is 1.37. The van der Waals surface area contributed by atoms with Gasteiger partial charge in [0.15, 0.2) is 0 Å². The summed E-state index contributed by atoms with van der Waals surface area (Å²) in [4.78, 5) is 10.2. The lowest BCUT2D eigenvalue weighted by Gasteiger charge is -2.12. The molecule has 108 valence electrons. The Balaban J connectivity index is 4.31. The van der Waals surface area contributed by atoms with E-state index in [9.17, 15) is 21.6 Å². The minimum absolute atomic E-state index is 0.0539. The summed E-state index contributed by atoms with van der Waals surface area (Å²) in [5, 5.41) is 7.06. The minimum atomic E-state index is -4.41. The summed E-state index contributed by atoms with van der Waals surface area (Å²) < 4.78 is 60.2. The first-order chi connectivity index (χ1) is 8.02. The van der Waals surface area contributed by atoms with Crippen LogP contribution in [0, 0.1) is 0 Å². The molecular formula is C8H16O8S2. The molecule has 3 N–H and O–H groups in total. The summed E-state index contributed by atoms with van der Waals surface area (Å²) >= 11 is 0. The molecule has 0 aliphatic carbocycles. The van der Waals surface area contributed by atoms with Crippen LogP contribution in [0.15, 0.2) is 0 Å². The highest BCUT2D eigenvalue weighted by Crippen LogP contribution is 2.15. The van der Waals surface area contributed by atoms with Gasteiger partial charge in [-0.3, -0.25) is 13.9 Å². The maximum atomic E-state index is 10.9. The number of hydrogen-bond acceptors (Lipinski definition) is 5. The highest BCUT2D eigenvalue weighted by Gasteiger charge is 2.24. The highest BCUT2D eigenvalue weighted by molar-refractivity contribution is 7.87. The van der Waals surface area contributed by atoms with E-state index in [4.69, 9.17) is 14.2 Å². The first-order valence-electron chi connectivity index (χ1n) is 5.15. The van der Waals surface area contributed by atoms with Crippen molar-refractivity contribution in [2.45, 2.75) is 37.4 Å². The van der Waals surface area contributed by atoms with Crippen molar-refractivity contribution in [3.8, 4) is 0 Å². The fourth-order valence-corrected chi connectivity index (χ4v) is 2.98. The van der Waals surface area contributed by atoms with Crippen LogP contribution in [0.3, 0.4) is 0 Å². The molecule has 8 nitrogen and oxygen atoms in total. The van der Waals surface area contributed by atoms with Crippen molar-refractivity contribution in [3.05, 3.63) is 0 Å². The highest BCUT2D eigenvalue weighted by atomic mass is 32.2. The van der Waals surface area contributed by atoms with Crippen molar-refractivity contribution < 1.29 is 35.8 Å². The van der Waals surface area contributed by atoms with Crippen LogP contribution >= 0.6 is 0 Å². The van der Waals surface area contributed by atoms with Crippen LogP contribution < -0.4 is 0 Å². The Morgan fingerprint density at radius 2 is 1.56 bits per heavy atom. The Morgan fingerprint density at radius 3 is 1.94 bits per heavy atom. The summed E-state index contributed by atoms with van der Waals surface area (Å²) in [5.41, 5.74) is 0. The van der Waals surface area contributed by atoms with Gasteiger partial charge in [-0.2, -0.15) is 16.8 Å². The molecular weight excluding hydrogens is 288 g/mol. The Morgan fingerprint density at radius 1 is 1.00 bits per heavy atom. The molecule has 0 aromatic carbocycles. The van der Waals surface area contributed by atoms with E-state index in [1.54, 1.807) is 0 Å². The van der Waals surface area contributed by atoms with Gasteiger partial charge in [-0.05, 0) is 19.3 Å². The molecule has 0 radical (unpaired) electrons. The number of hydrogen-bond donors (Lipinski definition) is 3. The lowest BCUT2D eigenvalue weighted by molar-refractivity contribution is -0.137. The van der Waals surface area contributed by atoms with Crippen molar-refractivity contribution in [3.63, 3.8) is 0 Å². The largest absolute Gasteiger partial charge is 0.481 e. The van der Waals surface area contributed by atoms with E-state index >= 15 is 0 Å². The monoisotopic (exact) mass is 304 g/mol. The Hall–Kier alpha value is -0.710. The van der Waals surface area contributed by atoms with E-state index in [-0.39, 0.29) is 25.7 Å². The SMILES string of the molecule is O=C(O)CCCCC(CCS(=O)(=O)O)S(=O)(=O)O. The molecule has 0 aromatic heterocycles. The average Bonchev–Trinajstić information content (AvgIpc) is 2.12. The molecule has 0 aliphatic rings. The van der Waals surface area contributed by atoms with Gasteiger partial charge in [0.2, 0.25) is 0 Å². The Bertz CT molecular complexity index is 463. The van der Waals surface area contributed by atoms with Crippen LogP contribution in [-0.4, -0.2) is 48.0 Å². The van der Waals surface area contributed by atoms with Crippen LogP contribution in [0.4, 0.5) is 0 Å². The number of unbranched alkanes of at least 4 members (excludes halogenated alkanes) is 1. The smallest absolute Gasteiger partial charge is 0.303 e. The maximum Gasteiger partial charge on any atom is 0.303 e. The van der Waals surface area contributed by atoms with Crippen LogP contribution in [0.25, 0.3) is 0 Å². The van der Waals surface area contributed by atoms with Crippen LogP contribution in [-0.2, 0) is 25.0 Å². The molecule has 1 unspecified atom stereocenters. The lowest BCUT2D eigenvalue weighted by atomic mass is 10.1. The van der Waals surface area contributed by atoms with Crippen LogP contribution in [0.2, 0.25) is 0 Å².